The molecule has 2 heterocycles. The number of benzene rings is 1. The second-order valence-electron chi connectivity index (χ2n) is 6.89. The minimum Gasteiger partial charge on any atom is -0.347 e. The average molecular weight is 376 g/mol. The number of carbonyl (C=O) groups is 1. The van der Waals surface area contributed by atoms with Crippen molar-refractivity contribution in [3.8, 4) is 11.3 Å². The minimum atomic E-state index is -0.151. The van der Waals surface area contributed by atoms with Crippen LogP contribution in [0.3, 0.4) is 0 Å². The summed E-state index contributed by atoms with van der Waals surface area (Å²) in [6.45, 7) is 3.89. The van der Waals surface area contributed by atoms with E-state index in [1.807, 2.05) is 69.2 Å². The molecule has 1 atom stereocenters. The fourth-order valence-corrected chi connectivity index (χ4v) is 2.81. The zero-order chi connectivity index (χ0) is 20.3. The number of hydrogen-bond donors (Lipinski definition) is 0. The third kappa shape index (κ3) is 4.14. The first-order chi connectivity index (χ1) is 13.4. The molecule has 3 rings (SSSR count). The Kier molecular flexibility index (Phi) is 5.63. The van der Waals surface area contributed by atoms with Crippen LogP contribution in [-0.2, 0) is 0 Å². The molecule has 144 valence electrons. The quantitative estimate of drug-likeness (QED) is 0.681. The average Bonchev–Trinajstić information content (AvgIpc) is 2.72. The number of aromatic nitrogens is 4. The summed E-state index contributed by atoms with van der Waals surface area (Å²) in [5, 5.41) is 0. The highest BCUT2D eigenvalue weighted by Gasteiger charge is 2.20. The Balaban J connectivity index is 1.81. The molecule has 0 aliphatic rings. The van der Waals surface area contributed by atoms with E-state index in [-0.39, 0.29) is 11.9 Å². The fourth-order valence-electron chi connectivity index (χ4n) is 2.81. The van der Waals surface area contributed by atoms with Crippen LogP contribution < -0.4 is 4.90 Å². The van der Waals surface area contributed by atoms with Crippen molar-refractivity contribution in [2.24, 2.45) is 0 Å². The molecular formula is C21H24N6O. The van der Waals surface area contributed by atoms with Crippen LogP contribution in [0.2, 0.25) is 0 Å². The van der Waals surface area contributed by atoms with Gasteiger partial charge in [-0.15, -0.1) is 0 Å². The Morgan fingerprint density at radius 3 is 2.36 bits per heavy atom. The summed E-state index contributed by atoms with van der Waals surface area (Å²) in [4.78, 5) is 33.6. The van der Waals surface area contributed by atoms with E-state index in [0.29, 0.717) is 11.5 Å². The van der Waals surface area contributed by atoms with E-state index in [9.17, 15) is 4.79 Å². The summed E-state index contributed by atoms with van der Waals surface area (Å²) in [7, 11) is 5.60. The van der Waals surface area contributed by atoms with Gasteiger partial charge in [-0.05, 0) is 38.1 Å². The van der Waals surface area contributed by atoms with E-state index in [1.165, 1.54) is 6.33 Å². The van der Waals surface area contributed by atoms with E-state index < -0.39 is 0 Å². The van der Waals surface area contributed by atoms with Gasteiger partial charge in [0.15, 0.2) is 0 Å². The van der Waals surface area contributed by atoms with Gasteiger partial charge in [-0.2, -0.15) is 0 Å². The molecule has 1 amide bonds. The highest BCUT2D eigenvalue weighted by molar-refractivity contribution is 5.94. The molecule has 3 aromatic rings. The second kappa shape index (κ2) is 8.12. The molecule has 0 bridgehead atoms. The lowest BCUT2D eigenvalue weighted by Gasteiger charge is -2.24. The highest BCUT2D eigenvalue weighted by Crippen LogP contribution is 2.23. The van der Waals surface area contributed by atoms with E-state index in [1.54, 1.807) is 18.1 Å². The van der Waals surface area contributed by atoms with Crippen molar-refractivity contribution >= 4 is 11.9 Å². The maximum Gasteiger partial charge on any atom is 0.254 e. The van der Waals surface area contributed by atoms with E-state index in [2.05, 4.69) is 19.9 Å². The van der Waals surface area contributed by atoms with Gasteiger partial charge in [0.05, 0.1) is 17.4 Å². The number of anilines is 1. The van der Waals surface area contributed by atoms with Crippen molar-refractivity contribution < 1.29 is 4.79 Å². The molecular weight excluding hydrogens is 352 g/mol. The van der Waals surface area contributed by atoms with Gasteiger partial charge < -0.3 is 9.80 Å². The maximum atomic E-state index is 12.9. The molecule has 7 heteroatoms. The van der Waals surface area contributed by atoms with Crippen LogP contribution in [0.15, 0.2) is 48.9 Å². The molecule has 7 nitrogen and oxygen atoms in total. The van der Waals surface area contributed by atoms with Gasteiger partial charge in [0, 0.05) is 44.2 Å². The molecule has 0 radical (unpaired) electrons. The molecule has 0 fully saturated rings. The molecule has 2 aromatic heterocycles. The topological polar surface area (TPSA) is 75.1 Å². The number of aryl methyl sites for hydroxylation is 1. The van der Waals surface area contributed by atoms with Gasteiger partial charge in [0.2, 0.25) is 5.95 Å². The van der Waals surface area contributed by atoms with E-state index in [4.69, 9.17) is 0 Å². The Bertz CT molecular complexity index is 956. The second-order valence-corrected chi connectivity index (χ2v) is 6.89. The summed E-state index contributed by atoms with van der Waals surface area (Å²) < 4.78 is 0. The van der Waals surface area contributed by atoms with Crippen molar-refractivity contribution in [2.75, 3.05) is 26.0 Å². The summed E-state index contributed by atoms with van der Waals surface area (Å²) in [6, 6.07) is 11.1. The lowest BCUT2D eigenvalue weighted by molar-refractivity contribution is 0.0739. The molecule has 0 saturated heterocycles. The van der Waals surface area contributed by atoms with Gasteiger partial charge in [-0.25, -0.2) is 19.9 Å². The summed E-state index contributed by atoms with van der Waals surface area (Å²) in [5.74, 6) is 0.596. The maximum absolute atomic E-state index is 12.9. The van der Waals surface area contributed by atoms with Crippen LogP contribution >= 0.6 is 0 Å². The van der Waals surface area contributed by atoms with Crippen LogP contribution in [0.5, 0.6) is 0 Å². The standard InChI is InChI=1S/C21H24N6O/c1-14-12-19(25-21(24-14)26(3)4)16-6-8-17(9-7-16)20(28)27(5)15(2)18-10-11-22-13-23-18/h6-13,15H,1-5H3. The monoisotopic (exact) mass is 376 g/mol. The molecule has 0 aliphatic carbocycles. The molecule has 0 N–H and O–H groups in total. The lowest BCUT2D eigenvalue weighted by Crippen LogP contribution is -2.30. The molecule has 0 saturated carbocycles. The Labute approximate surface area is 165 Å². The predicted octanol–water partition coefficient (Wildman–Crippen LogP) is 3.14. The number of rotatable bonds is 5. The zero-order valence-electron chi connectivity index (χ0n) is 16.8. The summed E-state index contributed by atoms with van der Waals surface area (Å²) >= 11 is 0. The van der Waals surface area contributed by atoms with Crippen molar-refractivity contribution in [1.82, 2.24) is 24.8 Å². The molecule has 0 spiro atoms. The van der Waals surface area contributed by atoms with Gasteiger partial charge >= 0.3 is 0 Å². The van der Waals surface area contributed by atoms with Crippen LogP contribution in [0.1, 0.15) is 34.7 Å². The van der Waals surface area contributed by atoms with Gasteiger partial charge in [-0.3, -0.25) is 4.79 Å². The normalized spacial score (nSPS) is 11.8. The Morgan fingerprint density at radius 2 is 1.75 bits per heavy atom. The highest BCUT2D eigenvalue weighted by atomic mass is 16.2. The van der Waals surface area contributed by atoms with Crippen molar-refractivity contribution in [2.45, 2.75) is 19.9 Å². The zero-order valence-corrected chi connectivity index (χ0v) is 16.8. The first kappa shape index (κ1) is 19.4. The molecule has 0 aliphatic heterocycles. The van der Waals surface area contributed by atoms with Gasteiger partial charge in [0.1, 0.15) is 6.33 Å². The van der Waals surface area contributed by atoms with Crippen molar-refractivity contribution in [3.63, 3.8) is 0 Å². The molecule has 1 aromatic carbocycles. The molecule has 28 heavy (non-hydrogen) atoms. The Morgan fingerprint density at radius 1 is 1.04 bits per heavy atom. The number of hydrogen-bond acceptors (Lipinski definition) is 6. The first-order valence-electron chi connectivity index (χ1n) is 9.03. The van der Waals surface area contributed by atoms with Crippen LogP contribution in [0, 0.1) is 6.92 Å². The summed E-state index contributed by atoms with van der Waals surface area (Å²) in [6.07, 6.45) is 3.17. The van der Waals surface area contributed by atoms with Crippen molar-refractivity contribution in [3.05, 3.63) is 65.9 Å². The van der Waals surface area contributed by atoms with Crippen LogP contribution in [0.25, 0.3) is 11.3 Å². The third-order valence-electron chi connectivity index (χ3n) is 4.60. The number of carbonyl (C=O) groups excluding carboxylic acids is 1. The predicted molar refractivity (Wildman–Crippen MR) is 109 cm³/mol. The first-order valence-corrected chi connectivity index (χ1v) is 9.03. The minimum absolute atomic E-state index is 0.0643. The van der Waals surface area contributed by atoms with Crippen LogP contribution in [0.4, 0.5) is 5.95 Å². The third-order valence-corrected chi connectivity index (χ3v) is 4.60. The van der Waals surface area contributed by atoms with Gasteiger partial charge in [0.25, 0.3) is 5.91 Å². The summed E-state index contributed by atoms with van der Waals surface area (Å²) in [5.41, 5.74) is 4.09. The number of amides is 1. The fraction of sp³-hybridized carbons (Fsp3) is 0.286. The smallest absolute Gasteiger partial charge is 0.254 e. The van der Waals surface area contributed by atoms with Crippen LogP contribution in [-0.4, -0.2) is 51.9 Å². The van der Waals surface area contributed by atoms with E-state index in [0.717, 1.165) is 22.6 Å². The molecule has 1 unspecified atom stereocenters. The SMILES string of the molecule is Cc1cc(-c2ccc(C(=O)N(C)C(C)c3ccncn3)cc2)nc(N(C)C)n1. The van der Waals surface area contributed by atoms with E-state index >= 15 is 0 Å². The lowest BCUT2D eigenvalue weighted by atomic mass is 10.1. The largest absolute Gasteiger partial charge is 0.347 e. The number of nitrogens with zero attached hydrogens (tertiary/aromatic N) is 6. The van der Waals surface area contributed by atoms with Gasteiger partial charge in [-0.1, -0.05) is 12.1 Å². The Hall–Kier alpha value is -3.35. The van der Waals surface area contributed by atoms with Crippen molar-refractivity contribution in [1.29, 1.82) is 0 Å².